The van der Waals surface area contributed by atoms with Gasteiger partial charge in [0, 0.05) is 12.8 Å². The van der Waals surface area contributed by atoms with E-state index in [0.717, 1.165) is 32.1 Å². The summed E-state index contributed by atoms with van der Waals surface area (Å²) >= 11 is 0. The highest BCUT2D eigenvalue weighted by Crippen LogP contribution is 2.27. The van der Waals surface area contributed by atoms with Crippen molar-refractivity contribution >= 4 is 11.9 Å². The molecule has 0 bridgehead atoms. The maximum atomic E-state index is 13.0. The molecule has 0 spiro atoms. The lowest BCUT2D eigenvalue weighted by atomic mass is 9.98. The summed E-state index contributed by atoms with van der Waals surface area (Å²) in [7, 11) is 0. The van der Waals surface area contributed by atoms with Gasteiger partial charge >= 0.3 is 11.9 Å². The molecule has 0 amide bonds. The zero-order valence-electron chi connectivity index (χ0n) is 46.3. The zero-order chi connectivity index (χ0) is 53.9. The Hall–Kier alpha value is -2.02. The lowest BCUT2D eigenvalue weighted by Gasteiger charge is -2.42. The average molecular weight is 1060 g/mol. The molecule has 2 heterocycles. The standard InChI is InChI=1S/C59H108O15/c1-3-5-7-9-11-13-15-17-19-20-21-22-23-24-25-26-28-29-31-33-35-37-39-41-50(61)69-44-47(72-51(62)42-40-38-36-34-32-30-27-18-16-14-12-10-8-6-4-2)45-70-58-57(68)55(66)53(64)49(74-58)46-71-59-56(67)54(65)52(63)48(43-60)73-59/h33,35-36,38,47-49,52-60,63-68H,3-32,34,37,39-46H2,1-2H3/b35-33+,38-36+/t47-,48+,49+,52-,53-,54?,55?,56?,57?,58+,59+/m0/s1. The number of carbonyl (C=O) groups is 2. The lowest BCUT2D eigenvalue weighted by Crippen LogP contribution is -2.61. The number of rotatable bonds is 48. The maximum absolute atomic E-state index is 13.0. The Labute approximate surface area is 447 Å². The number of esters is 2. The highest BCUT2D eigenvalue weighted by Gasteiger charge is 2.47. The molecular weight excluding hydrogens is 949 g/mol. The molecule has 2 saturated heterocycles. The summed E-state index contributed by atoms with van der Waals surface area (Å²) in [5.74, 6) is -1.01. The van der Waals surface area contributed by atoms with Crippen molar-refractivity contribution in [1.29, 1.82) is 0 Å². The Morgan fingerprint density at radius 1 is 0.419 bits per heavy atom. The predicted octanol–water partition coefficient (Wildman–Crippen LogP) is 10.3. The predicted molar refractivity (Wildman–Crippen MR) is 289 cm³/mol. The Bertz CT molecular complexity index is 1380. The zero-order valence-corrected chi connectivity index (χ0v) is 46.3. The maximum Gasteiger partial charge on any atom is 0.306 e. The number of allylic oxidation sites excluding steroid dienone is 4. The van der Waals surface area contributed by atoms with Crippen molar-refractivity contribution in [3.63, 3.8) is 0 Å². The summed E-state index contributed by atoms with van der Waals surface area (Å²) < 4.78 is 33.6. The summed E-state index contributed by atoms with van der Waals surface area (Å²) in [4.78, 5) is 25.8. The molecule has 11 atom stereocenters. The van der Waals surface area contributed by atoms with Crippen molar-refractivity contribution in [1.82, 2.24) is 0 Å². The highest BCUT2D eigenvalue weighted by molar-refractivity contribution is 5.70. The van der Waals surface area contributed by atoms with E-state index in [2.05, 4.69) is 32.1 Å². The second-order valence-electron chi connectivity index (χ2n) is 21.2. The molecule has 15 nitrogen and oxygen atoms in total. The first-order valence-corrected chi connectivity index (χ1v) is 29.9. The number of aliphatic hydroxyl groups excluding tert-OH is 7. The van der Waals surface area contributed by atoms with Crippen LogP contribution in [0.3, 0.4) is 0 Å². The van der Waals surface area contributed by atoms with Gasteiger partial charge in [0.1, 0.15) is 55.4 Å². The van der Waals surface area contributed by atoms with Gasteiger partial charge < -0.3 is 64.2 Å². The molecule has 2 fully saturated rings. The van der Waals surface area contributed by atoms with E-state index in [4.69, 9.17) is 28.4 Å². The Balaban J connectivity index is 1.74. The van der Waals surface area contributed by atoms with Gasteiger partial charge in [0.2, 0.25) is 0 Å². The smallest absolute Gasteiger partial charge is 0.306 e. The Kier molecular flexibility index (Phi) is 42.3. The van der Waals surface area contributed by atoms with Crippen LogP contribution in [0.2, 0.25) is 0 Å². The van der Waals surface area contributed by atoms with Crippen molar-refractivity contribution in [3.8, 4) is 0 Å². The first-order chi connectivity index (χ1) is 36.0. The molecule has 434 valence electrons. The van der Waals surface area contributed by atoms with Crippen molar-refractivity contribution in [3.05, 3.63) is 24.3 Å². The topological polar surface area (TPSA) is 231 Å². The van der Waals surface area contributed by atoms with Crippen LogP contribution in [0, 0.1) is 0 Å². The normalized spacial score (nSPS) is 24.8. The van der Waals surface area contributed by atoms with E-state index in [1.807, 2.05) is 6.08 Å². The second-order valence-corrected chi connectivity index (χ2v) is 21.2. The van der Waals surface area contributed by atoms with E-state index < -0.39 is 99.3 Å². The number of ether oxygens (including phenoxy) is 6. The average Bonchev–Trinajstić information content (AvgIpc) is 3.39. The molecule has 2 rings (SSSR count). The van der Waals surface area contributed by atoms with Crippen molar-refractivity contribution in [2.45, 2.75) is 313 Å². The molecule has 2 aliphatic rings. The summed E-state index contributed by atoms with van der Waals surface area (Å²) in [5, 5.41) is 72.2. The van der Waals surface area contributed by atoms with E-state index in [-0.39, 0.29) is 19.4 Å². The van der Waals surface area contributed by atoms with Gasteiger partial charge in [0.05, 0.1) is 19.8 Å². The summed E-state index contributed by atoms with van der Waals surface area (Å²) in [6.07, 6.45) is 33.8. The van der Waals surface area contributed by atoms with Gasteiger partial charge in [-0.3, -0.25) is 9.59 Å². The molecule has 0 aromatic carbocycles. The molecule has 15 heteroatoms. The number of aliphatic hydroxyl groups is 7. The van der Waals surface area contributed by atoms with Crippen LogP contribution in [0.4, 0.5) is 0 Å². The van der Waals surface area contributed by atoms with E-state index in [9.17, 15) is 45.3 Å². The number of carbonyl (C=O) groups excluding carboxylic acids is 2. The monoisotopic (exact) mass is 1060 g/mol. The van der Waals surface area contributed by atoms with Crippen LogP contribution < -0.4 is 0 Å². The van der Waals surface area contributed by atoms with Gasteiger partial charge in [-0.25, -0.2) is 0 Å². The minimum Gasteiger partial charge on any atom is -0.462 e. The van der Waals surface area contributed by atoms with E-state index in [1.54, 1.807) is 0 Å². The molecule has 0 aromatic heterocycles. The van der Waals surface area contributed by atoms with Crippen molar-refractivity contribution in [2.75, 3.05) is 26.4 Å². The minimum absolute atomic E-state index is 0.0792. The number of unbranched alkanes of at least 4 members (excludes halogenated alkanes) is 30. The van der Waals surface area contributed by atoms with Crippen LogP contribution in [0.25, 0.3) is 0 Å². The van der Waals surface area contributed by atoms with Gasteiger partial charge in [-0.2, -0.15) is 0 Å². The van der Waals surface area contributed by atoms with Crippen LogP contribution in [0.5, 0.6) is 0 Å². The molecule has 0 saturated carbocycles. The second kappa shape index (κ2) is 45.9. The van der Waals surface area contributed by atoms with Crippen LogP contribution in [-0.2, 0) is 38.0 Å². The molecule has 0 aromatic rings. The fraction of sp³-hybridized carbons (Fsp3) is 0.898. The van der Waals surface area contributed by atoms with Crippen LogP contribution in [0.1, 0.15) is 245 Å². The third-order valence-electron chi connectivity index (χ3n) is 14.4. The Morgan fingerprint density at radius 2 is 0.797 bits per heavy atom. The summed E-state index contributed by atoms with van der Waals surface area (Å²) in [6.45, 7) is 2.57. The Morgan fingerprint density at radius 3 is 1.24 bits per heavy atom. The minimum atomic E-state index is -1.77. The number of hydrogen-bond donors (Lipinski definition) is 7. The van der Waals surface area contributed by atoms with Gasteiger partial charge in [0.15, 0.2) is 18.7 Å². The fourth-order valence-electron chi connectivity index (χ4n) is 9.54. The van der Waals surface area contributed by atoms with Gasteiger partial charge in [-0.15, -0.1) is 0 Å². The first-order valence-electron chi connectivity index (χ1n) is 29.9. The van der Waals surface area contributed by atoms with E-state index in [1.165, 1.54) is 173 Å². The van der Waals surface area contributed by atoms with Crippen molar-refractivity contribution < 1.29 is 73.8 Å². The highest BCUT2D eigenvalue weighted by atomic mass is 16.7. The SMILES string of the molecule is CCCCCCCCCCCCC/C=C/CCC(=O)O[C@@H](COC(=O)CCC/C=C/CCCCCCCCCCCCCCCCCCCC)CO[C@@H]1O[C@H](CO[C@@H]2O[C@H](CO)[C@H](O)C(O)C2O)[C@H](O)C(O)C1O. The lowest BCUT2D eigenvalue weighted by molar-refractivity contribution is -0.332. The molecular formula is C59H108O15. The summed E-state index contributed by atoms with van der Waals surface area (Å²) in [5.41, 5.74) is 0. The quantitative estimate of drug-likeness (QED) is 0.0171. The van der Waals surface area contributed by atoms with Gasteiger partial charge in [-0.05, 0) is 44.9 Å². The molecule has 4 unspecified atom stereocenters. The van der Waals surface area contributed by atoms with Crippen LogP contribution in [0.15, 0.2) is 24.3 Å². The largest absolute Gasteiger partial charge is 0.462 e. The van der Waals surface area contributed by atoms with E-state index >= 15 is 0 Å². The van der Waals surface area contributed by atoms with Crippen LogP contribution >= 0.6 is 0 Å². The third kappa shape index (κ3) is 32.7. The van der Waals surface area contributed by atoms with Crippen LogP contribution in [-0.4, -0.2) is 142 Å². The fourth-order valence-corrected chi connectivity index (χ4v) is 9.54. The first kappa shape index (κ1) is 68.1. The summed E-state index contributed by atoms with van der Waals surface area (Å²) in [6, 6.07) is 0. The molecule has 74 heavy (non-hydrogen) atoms. The van der Waals surface area contributed by atoms with Gasteiger partial charge in [0.25, 0.3) is 0 Å². The third-order valence-corrected chi connectivity index (χ3v) is 14.4. The molecule has 2 aliphatic heterocycles. The van der Waals surface area contributed by atoms with Crippen molar-refractivity contribution in [2.24, 2.45) is 0 Å². The van der Waals surface area contributed by atoms with Gasteiger partial charge in [-0.1, -0.05) is 212 Å². The molecule has 0 radical (unpaired) electrons. The van der Waals surface area contributed by atoms with E-state index in [0.29, 0.717) is 12.8 Å². The number of hydrogen-bond acceptors (Lipinski definition) is 15. The molecule has 0 aliphatic carbocycles. The molecule has 7 N–H and O–H groups in total.